The SMILES string of the molecule is CCCCC(=O)Oc1cccc2c1C(=O)c1ccccc1CO2. The van der Waals surface area contributed by atoms with Crippen molar-refractivity contribution in [3.63, 3.8) is 0 Å². The summed E-state index contributed by atoms with van der Waals surface area (Å²) in [6, 6.07) is 12.4. The molecule has 2 aromatic rings. The number of ether oxygens (including phenoxy) is 2. The second kappa shape index (κ2) is 6.65. The van der Waals surface area contributed by atoms with Gasteiger partial charge in [0, 0.05) is 17.5 Å². The monoisotopic (exact) mass is 310 g/mol. The molecule has 0 aromatic heterocycles. The van der Waals surface area contributed by atoms with Crippen molar-refractivity contribution in [3.05, 3.63) is 59.2 Å². The number of carbonyl (C=O) groups excluding carboxylic acids is 2. The Morgan fingerprint density at radius 1 is 1.17 bits per heavy atom. The molecule has 118 valence electrons. The third kappa shape index (κ3) is 3.11. The summed E-state index contributed by atoms with van der Waals surface area (Å²) in [5.74, 6) is 0.217. The number of unbranched alkanes of at least 4 members (excludes halogenated alkanes) is 1. The van der Waals surface area contributed by atoms with Crippen LogP contribution in [0.25, 0.3) is 0 Å². The van der Waals surface area contributed by atoms with Gasteiger partial charge in [-0.2, -0.15) is 0 Å². The average Bonchev–Trinajstić information content (AvgIpc) is 2.71. The summed E-state index contributed by atoms with van der Waals surface area (Å²) in [5.41, 5.74) is 1.74. The summed E-state index contributed by atoms with van der Waals surface area (Å²) < 4.78 is 11.2. The molecule has 4 heteroatoms. The van der Waals surface area contributed by atoms with Gasteiger partial charge in [-0.05, 0) is 18.6 Å². The minimum Gasteiger partial charge on any atom is -0.488 e. The zero-order valence-electron chi connectivity index (χ0n) is 13.0. The van der Waals surface area contributed by atoms with Crippen LogP contribution in [0.4, 0.5) is 0 Å². The fraction of sp³-hybridized carbons (Fsp3) is 0.263. The van der Waals surface area contributed by atoms with Crippen LogP contribution < -0.4 is 9.47 Å². The molecule has 0 saturated carbocycles. The van der Waals surface area contributed by atoms with Crippen molar-refractivity contribution in [1.29, 1.82) is 0 Å². The van der Waals surface area contributed by atoms with Gasteiger partial charge in [-0.1, -0.05) is 43.7 Å². The van der Waals surface area contributed by atoms with Crippen molar-refractivity contribution < 1.29 is 19.1 Å². The van der Waals surface area contributed by atoms with Crippen molar-refractivity contribution in [2.45, 2.75) is 32.8 Å². The zero-order chi connectivity index (χ0) is 16.2. The van der Waals surface area contributed by atoms with Crippen LogP contribution in [0.1, 0.15) is 47.7 Å². The smallest absolute Gasteiger partial charge is 0.311 e. The van der Waals surface area contributed by atoms with Gasteiger partial charge in [-0.3, -0.25) is 9.59 Å². The van der Waals surface area contributed by atoms with Gasteiger partial charge in [0.05, 0.1) is 0 Å². The molecule has 0 bridgehead atoms. The second-order valence-corrected chi connectivity index (χ2v) is 5.48. The van der Waals surface area contributed by atoms with Crippen LogP contribution in [0, 0.1) is 0 Å². The summed E-state index contributed by atoms with van der Waals surface area (Å²) >= 11 is 0. The van der Waals surface area contributed by atoms with Crippen LogP contribution >= 0.6 is 0 Å². The fourth-order valence-corrected chi connectivity index (χ4v) is 2.59. The third-order valence-electron chi connectivity index (χ3n) is 3.82. The average molecular weight is 310 g/mol. The normalized spacial score (nSPS) is 12.7. The molecule has 2 aromatic carbocycles. The number of esters is 1. The Morgan fingerprint density at radius 2 is 2.00 bits per heavy atom. The molecular weight excluding hydrogens is 292 g/mol. The van der Waals surface area contributed by atoms with E-state index >= 15 is 0 Å². The Morgan fingerprint density at radius 3 is 2.83 bits per heavy atom. The molecule has 0 amide bonds. The quantitative estimate of drug-likeness (QED) is 0.635. The van der Waals surface area contributed by atoms with E-state index in [2.05, 4.69) is 0 Å². The van der Waals surface area contributed by atoms with Gasteiger partial charge in [0.25, 0.3) is 0 Å². The maximum absolute atomic E-state index is 12.9. The van der Waals surface area contributed by atoms with Crippen molar-refractivity contribution in [1.82, 2.24) is 0 Å². The van der Waals surface area contributed by atoms with Gasteiger partial charge in [0.1, 0.15) is 23.7 Å². The number of carbonyl (C=O) groups is 2. The molecule has 4 nitrogen and oxygen atoms in total. The highest BCUT2D eigenvalue weighted by atomic mass is 16.5. The molecule has 0 radical (unpaired) electrons. The number of fused-ring (bicyclic) bond motifs is 2. The molecular formula is C19H18O4. The highest BCUT2D eigenvalue weighted by Gasteiger charge is 2.26. The lowest BCUT2D eigenvalue weighted by molar-refractivity contribution is -0.134. The maximum atomic E-state index is 12.9. The lowest BCUT2D eigenvalue weighted by Gasteiger charge is -2.11. The predicted molar refractivity (Wildman–Crippen MR) is 85.8 cm³/mol. The maximum Gasteiger partial charge on any atom is 0.311 e. The molecule has 3 rings (SSSR count). The zero-order valence-corrected chi connectivity index (χ0v) is 13.0. The fourth-order valence-electron chi connectivity index (χ4n) is 2.59. The van der Waals surface area contributed by atoms with Gasteiger partial charge in [-0.25, -0.2) is 0 Å². The Labute approximate surface area is 135 Å². The van der Waals surface area contributed by atoms with Crippen LogP contribution in [0.5, 0.6) is 11.5 Å². The van der Waals surface area contributed by atoms with E-state index in [4.69, 9.17) is 9.47 Å². The van der Waals surface area contributed by atoms with Gasteiger partial charge in [-0.15, -0.1) is 0 Å². The lowest BCUT2D eigenvalue weighted by Crippen LogP contribution is -2.12. The van der Waals surface area contributed by atoms with Gasteiger partial charge >= 0.3 is 5.97 Å². The molecule has 0 atom stereocenters. The van der Waals surface area contributed by atoms with Crippen LogP contribution in [0.3, 0.4) is 0 Å². The van der Waals surface area contributed by atoms with E-state index in [9.17, 15) is 9.59 Å². The Bertz CT molecular complexity index is 749. The number of benzene rings is 2. The third-order valence-corrected chi connectivity index (χ3v) is 3.82. The minimum atomic E-state index is -0.328. The number of hydrogen-bond donors (Lipinski definition) is 0. The van der Waals surface area contributed by atoms with E-state index in [1.165, 1.54) is 0 Å². The Hall–Kier alpha value is -2.62. The summed E-state index contributed by atoms with van der Waals surface area (Å²) in [6.45, 7) is 2.33. The first-order valence-electron chi connectivity index (χ1n) is 7.79. The Balaban J connectivity index is 1.98. The first-order chi connectivity index (χ1) is 11.2. The molecule has 0 N–H and O–H groups in total. The number of rotatable bonds is 4. The summed E-state index contributed by atoms with van der Waals surface area (Å²) in [4.78, 5) is 24.8. The molecule has 0 spiro atoms. The van der Waals surface area contributed by atoms with E-state index in [0.717, 1.165) is 18.4 Å². The highest BCUT2D eigenvalue weighted by Crippen LogP contribution is 2.35. The molecule has 0 fully saturated rings. The van der Waals surface area contributed by atoms with E-state index in [-0.39, 0.29) is 17.5 Å². The van der Waals surface area contributed by atoms with Crippen molar-refractivity contribution in [2.24, 2.45) is 0 Å². The standard InChI is InChI=1S/C19H18O4/c1-2-3-11-17(20)23-16-10-6-9-15-18(16)19(21)14-8-5-4-7-13(14)12-22-15/h4-10H,2-3,11-12H2,1H3. The number of ketones is 1. The first kappa shape index (κ1) is 15.3. The van der Waals surface area contributed by atoms with E-state index in [1.807, 2.05) is 25.1 Å². The van der Waals surface area contributed by atoms with Crippen molar-refractivity contribution >= 4 is 11.8 Å². The lowest BCUT2D eigenvalue weighted by atomic mass is 9.98. The van der Waals surface area contributed by atoms with Crippen LogP contribution in [0.2, 0.25) is 0 Å². The molecule has 0 unspecified atom stereocenters. The van der Waals surface area contributed by atoms with Crippen molar-refractivity contribution in [3.8, 4) is 11.5 Å². The van der Waals surface area contributed by atoms with Gasteiger partial charge in [0.2, 0.25) is 5.78 Å². The van der Waals surface area contributed by atoms with Gasteiger partial charge in [0.15, 0.2) is 0 Å². The summed E-state index contributed by atoms with van der Waals surface area (Å²) in [7, 11) is 0. The van der Waals surface area contributed by atoms with Gasteiger partial charge < -0.3 is 9.47 Å². The molecule has 1 aliphatic heterocycles. The van der Waals surface area contributed by atoms with E-state index in [0.29, 0.717) is 29.9 Å². The van der Waals surface area contributed by atoms with Crippen LogP contribution in [-0.2, 0) is 11.4 Å². The summed E-state index contributed by atoms with van der Waals surface area (Å²) in [5, 5.41) is 0. The van der Waals surface area contributed by atoms with Crippen LogP contribution in [-0.4, -0.2) is 11.8 Å². The molecule has 0 saturated heterocycles. The van der Waals surface area contributed by atoms with E-state index < -0.39 is 0 Å². The molecule has 1 aliphatic rings. The van der Waals surface area contributed by atoms with Crippen LogP contribution in [0.15, 0.2) is 42.5 Å². The minimum absolute atomic E-state index is 0.174. The molecule has 0 aliphatic carbocycles. The Kier molecular flexibility index (Phi) is 4.42. The largest absolute Gasteiger partial charge is 0.488 e. The molecule has 23 heavy (non-hydrogen) atoms. The predicted octanol–water partition coefficient (Wildman–Crippen LogP) is 3.91. The highest BCUT2D eigenvalue weighted by molar-refractivity contribution is 6.14. The van der Waals surface area contributed by atoms with E-state index in [1.54, 1.807) is 24.3 Å². The van der Waals surface area contributed by atoms with Crippen molar-refractivity contribution in [2.75, 3.05) is 0 Å². The topological polar surface area (TPSA) is 52.6 Å². The number of hydrogen-bond acceptors (Lipinski definition) is 4. The molecule has 1 heterocycles. The second-order valence-electron chi connectivity index (χ2n) is 5.48. The first-order valence-corrected chi connectivity index (χ1v) is 7.79. The summed E-state index contributed by atoms with van der Waals surface area (Å²) in [6.07, 6.45) is 2.02.